The first-order chi connectivity index (χ1) is 8.43. The highest BCUT2D eigenvalue weighted by Gasteiger charge is 2.20. The molecule has 2 heterocycles. The van der Waals surface area contributed by atoms with Gasteiger partial charge in [-0.3, -0.25) is 0 Å². The van der Waals surface area contributed by atoms with E-state index in [2.05, 4.69) is 39.8 Å². The van der Waals surface area contributed by atoms with Crippen LogP contribution in [0, 0.1) is 0 Å². The minimum Gasteiger partial charge on any atom is -0.469 e. The molecule has 2 aromatic heterocycles. The Morgan fingerprint density at radius 1 is 1.28 bits per heavy atom. The molecule has 0 aromatic carbocycles. The average molecular weight is 263 g/mol. The van der Waals surface area contributed by atoms with E-state index in [-0.39, 0.29) is 11.5 Å². The lowest BCUT2D eigenvalue weighted by molar-refractivity contribution is 0.509. The maximum absolute atomic E-state index is 6.34. The number of nitrogens with two attached hydrogens (primary N) is 1. The first kappa shape index (κ1) is 13.4. The quantitative estimate of drug-likeness (QED) is 0.899. The van der Waals surface area contributed by atoms with E-state index in [4.69, 9.17) is 10.2 Å². The minimum atomic E-state index is -0.0696. The summed E-state index contributed by atoms with van der Waals surface area (Å²) in [6.07, 6.45) is 2.61. The molecule has 0 amide bonds. The molecule has 0 aliphatic carbocycles. The van der Waals surface area contributed by atoms with Crippen molar-refractivity contribution in [3.63, 3.8) is 0 Å². The zero-order valence-corrected chi connectivity index (χ0v) is 12.3. The van der Waals surface area contributed by atoms with Crippen molar-refractivity contribution in [1.82, 2.24) is 0 Å². The highest BCUT2D eigenvalue weighted by molar-refractivity contribution is 7.12. The van der Waals surface area contributed by atoms with Crippen LogP contribution in [0.25, 0.3) is 0 Å². The maximum Gasteiger partial charge on any atom is 0.108 e. The Balaban J connectivity index is 2.29. The number of furan rings is 1. The van der Waals surface area contributed by atoms with Crippen molar-refractivity contribution in [2.45, 2.75) is 45.6 Å². The summed E-state index contributed by atoms with van der Waals surface area (Å²) in [6.45, 7) is 8.76. The fraction of sp³-hybridized carbons (Fsp3) is 0.467. The van der Waals surface area contributed by atoms with E-state index >= 15 is 0 Å². The molecule has 0 radical (unpaired) electrons. The first-order valence-corrected chi connectivity index (χ1v) is 7.17. The molecule has 98 valence electrons. The summed E-state index contributed by atoms with van der Waals surface area (Å²) in [6, 6.07) is 6.24. The fourth-order valence-corrected chi connectivity index (χ4v) is 3.08. The number of thiophene rings is 1. The van der Waals surface area contributed by atoms with E-state index < -0.39 is 0 Å². The van der Waals surface area contributed by atoms with Gasteiger partial charge in [0.2, 0.25) is 0 Å². The Kier molecular flexibility index (Phi) is 3.64. The second kappa shape index (κ2) is 4.90. The molecule has 1 unspecified atom stereocenters. The summed E-state index contributed by atoms with van der Waals surface area (Å²) in [7, 11) is 0. The first-order valence-electron chi connectivity index (χ1n) is 6.35. The van der Waals surface area contributed by atoms with Crippen molar-refractivity contribution in [2.24, 2.45) is 5.73 Å². The number of hydrogen-bond acceptors (Lipinski definition) is 3. The smallest absolute Gasteiger partial charge is 0.108 e. The second-order valence-electron chi connectivity index (χ2n) is 5.58. The molecule has 0 saturated heterocycles. The molecule has 0 aliphatic heterocycles. The van der Waals surface area contributed by atoms with E-state index in [1.165, 1.54) is 9.75 Å². The van der Waals surface area contributed by atoms with Gasteiger partial charge >= 0.3 is 0 Å². The lowest BCUT2D eigenvalue weighted by atomic mass is 9.95. The molecule has 0 spiro atoms. The number of aryl methyl sites for hydroxylation is 1. The predicted octanol–water partition coefficient (Wildman–Crippen LogP) is 4.25. The van der Waals surface area contributed by atoms with Crippen LogP contribution in [0.15, 0.2) is 28.9 Å². The van der Waals surface area contributed by atoms with E-state index in [0.29, 0.717) is 0 Å². The van der Waals surface area contributed by atoms with Gasteiger partial charge in [-0.25, -0.2) is 0 Å². The Morgan fingerprint density at radius 3 is 2.56 bits per heavy atom. The molecule has 2 aromatic rings. The van der Waals surface area contributed by atoms with Gasteiger partial charge in [0, 0.05) is 21.7 Å². The molecule has 1 atom stereocenters. The summed E-state index contributed by atoms with van der Waals surface area (Å²) in [5, 5.41) is 0. The highest BCUT2D eigenvalue weighted by atomic mass is 32.1. The van der Waals surface area contributed by atoms with Crippen LogP contribution in [0.4, 0.5) is 0 Å². The molecule has 18 heavy (non-hydrogen) atoms. The predicted molar refractivity (Wildman–Crippen MR) is 77.1 cm³/mol. The molecular formula is C15H21NOS. The topological polar surface area (TPSA) is 39.2 Å². The van der Waals surface area contributed by atoms with Crippen LogP contribution >= 0.6 is 11.3 Å². The summed E-state index contributed by atoms with van der Waals surface area (Å²) in [5.41, 5.74) is 7.64. The number of rotatable bonds is 3. The van der Waals surface area contributed by atoms with Crippen LogP contribution in [0.5, 0.6) is 0 Å². The van der Waals surface area contributed by atoms with Gasteiger partial charge < -0.3 is 10.2 Å². The van der Waals surface area contributed by atoms with Gasteiger partial charge in [-0.2, -0.15) is 0 Å². The van der Waals surface area contributed by atoms with Crippen LogP contribution in [0.2, 0.25) is 0 Å². The van der Waals surface area contributed by atoms with Gasteiger partial charge in [0.05, 0.1) is 12.3 Å². The molecule has 3 heteroatoms. The molecule has 2 nitrogen and oxygen atoms in total. The summed E-state index contributed by atoms with van der Waals surface area (Å²) < 4.78 is 5.46. The summed E-state index contributed by atoms with van der Waals surface area (Å²) in [5.74, 6) is 0.994. The Bertz CT molecular complexity index is 519. The van der Waals surface area contributed by atoms with Gasteiger partial charge in [-0.05, 0) is 23.6 Å². The average Bonchev–Trinajstić information content (AvgIpc) is 2.96. The van der Waals surface area contributed by atoms with Crippen molar-refractivity contribution in [3.8, 4) is 0 Å². The maximum atomic E-state index is 6.34. The van der Waals surface area contributed by atoms with E-state index in [1.807, 2.05) is 6.07 Å². The third-order valence-electron chi connectivity index (χ3n) is 3.11. The van der Waals surface area contributed by atoms with Crippen molar-refractivity contribution in [2.75, 3.05) is 0 Å². The largest absolute Gasteiger partial charge is 0.469 e. The van der Waals surface area contributed by atoms with Crippen molar-refractivity contribution in [1.29, 1.82) is 0 Å². The van der Waals surface area contributed by atoms with Gasteiger partial charge in [0.15, 0.2) is 0 Å². The normalized spacial score (nSPS) is 13.8. The van der Waals surface area contributed by atoms with Crippen molar-refractivity contribution >= 4 is 11.3 Å². The van der Waals surface area contributed by atoms with Gasteiger partial charge in [0.1, 0.15) is 5.76 Å². The molecular weight excluding hydrogens is 242 g/mol. The highest BCUT2D eigenvalue weighted by Crippen LogP contribution is 2.34. The van der Waals surface area contributed by atoms with E-state index in [0.717, 1.165) is 17.7 Å². The molecule has 0 aliphatic rings. The Labute approximate surface area is 113 Å². The summed E-state index contributed by atoms with van der Waals surface area (Å²) in [4.78, 5) is 2.57. The van der Waals surface area contributed by atoms with Crippen molar-refractivity contribution < 1.29 is 4.42 Å². The third kappa shape index (κ3) is 2.52. The van der Waals surface area contributed by atoms with Crippen LogP contribution in [-0.4, -0.2) is 0 Å². The number of hydrogen-bond donors (Lipinski definition) is 1. The molecule has 0 bridgehead atoms. The molecule has 2 N–H and O–H groups in total. The Hall–Kier alpha value is -1.06. The van der Waals surface area contributed by atoms with Crippen LogP contribution < -0.4 is 5.73 Å². The van der Waals surface area contributed by atoms with Crippen LogP contribution in [-0.2, 0) is 11.8 Å². The molecule has 2 rings (SSSR count). The van der Waals surface area contributed by atoms with E-state index in [9.17, 15) is 0 Å². The SMILES string of the molecule is CCc1occc1C(N)c1ccc(C(C)(C)C)s1. The summed E-state index contributed by atoms with van der Waals surface area (Å²) >= 11 is 1.80. The van der Waals surface area contributed by atoms with Gasteiger partial charge in [-0.15, -0.1) is 11.3 Å². The lowest BCUT2D eigenvalue weighted by Gasteiger charge is -2.16. The minimum absolute atomic E-state index is 0.0696. The van der Waals surface area contributed by atoms with Crippen LogP contribution in [0.1, 0.15) is 54.8 Å². The Morgan fingerprint density at radius 2 is 2.00 bits per heavy atom. The van der Waals surface area contributed by atoms with Gasteiger partial charge in [-0.1, -0.05) is 27.7 Å². The van der Waals surface area contributed by atoms with Gasteiger partial charge in [0.25, 0.3) is 0 Å². The van der Waals surface area contributed by atoms with Crippen molar-refractivity contribution in [3.05, 3.63) is 45.5 Å². The zero-order valence-electron chi connectivity index (χ0n) is 11.5. The lowest BCUT2D eigenvalue weighted by Crippen LogP contribution is -2.11. The molecule has 0 saturated carbocycles. The second-order valence-corrected chi connectivity index (χ2v) is 6.70. The third-order valence-corrected chi connectivity index (χ3v) is 4.70. The standard InChI is InChI=1S/C15H21NOS/c1-5-11-10(8-9-17-11)14(16)12-6-7-13(18-12)15(2,3)4/h6-9,14H,5,16H2,1-4H3. The van der Waals surface area contributed by atoms with E-state index in [1.54, 1.807) is 17.6 Å². The fourth-order valence-electron chi connectivity index (χ4n) is 1.99. The molecule has 0 fully saturated rings. The van der Waals surface area contributed by atoms with Crippen LogP contribution in [0.3, 0.4) is 0 Å². The zero-order chi connectivity index (χ0) is 13.3. The monoisotopic (exact) mass is 263 g/mol.